The van der Waals surface area contributed by atoms with Gasteiger partial charge in [0.25, 0.3) is 5.91 Å². The maximum atomic E-state index is 13.4. The highest BCUT2D eigenvalue weighted by Gasteiger charge is 2.24. The lowest BCUT2D eigenvalue weighted by Crippen LogP contribution is -2.23. The van der Waals surface area contributed by atoms with E-state index >= 15 is 0 Å². The summed E-state index contributed by atoms with van der Waals surface area (Å²) in [5, 5.41) is 2.58. The van der Waals surface area contributed by atoms with Crippen molar-refractivity contribution in [2.75, 3.05) is 26.5 Å². The lowest BCUT2D eigenvalue weighted by Gasteiger charge is -2.16. The molecule has 0 aliphatic carbocycles. The van der Waals surface area contributed by atoms with Crippen LogP contribution in [0.25, 0.3) is 0 Å². The van der Waals surface area contributed by atoms with Gasteiger partial charge >= 0.3 is 0 Å². The molecule has 0 aromatic heterocycles. The number of carbonyl (C=O) groups is 1. The van der Waals surface area contributed by atoms with Crippen LogP contribution >= 0.6 is 0 Å². The Morgan fingerprint density at radius 1 is 1.16 bits per heavy atom. The molecule has 8 heteroatoms. The number of anilines is 1. The molecule has 0 radical (unpaired) electrons. The molecule has 0 heterocycles. The summed E-state index contributed by atoms with van der Waals surface area (Å²) in [4.78, 5) is 12.3. The summed E-state index contributed by atoms with van der Waals surface area (Å²) in [5.74, 6) is -0.898. The molecule has 0 fully saturated rings. The monoisotopic (exact) mass is 366 g/mol. The second kappa shape index (κ2) is 7.20. The molecule has 0 aliphatic heterocycles. The van der Waals surface area contributed by atoms with Gasteiger partial charge in [0.1, 0.15) is 16.5 Å². The minimum absolute atomic E-state index is 0.116. The van der Waals surface area contributed by atoms with Gasteiger partial charge in [-0.2, -0.15) is 0 Å². The number of sulfonamides is 1. The lowest BCUT2D eigenvalue weighted by molar-refractivity contribution is 0.102. The van der Waals surface area contributed by atoms with E-state index in [0.29, 0.717) is 11.3 Å². The van der Waals surface area contributed by atoms with Crippen LogP contribution in [-0.4, -0.2) is 39.8 Å². The second-order valence-electron chi connectivity index (χ2n) is 5.57. The molecule has 0 spiro atoms. The third-order valence-electron chi connectivity index (χ3n) is 3.63. The van der Waals surface area contributed by atoms with Crippen LogP contribution in [0.2, 0.25) is 0 Å². The number of rotatable bonds is 5. The Morgan fingerprint density at radius 2 is 1.84 bits per heavy atom. The van der Waals surface area contributed by atoms with Crippen LogP contribution in [0.5, 0.6) is 5.75 Å². The van der Waals surface area contributed by atoms with Crippen molar-refractivity contribution in [2.45, 2.75) is 11.8 Å². The van der Waals surface area contributed by atoms with Crippen LogP contribution in [-0.2, 0) is 10.0 Å². The predicted octanol–water partition coefficient (Wildman–Crippen LogP) is 2.65. The highest BCUT2D eigenvalue weighted by molar-refractivity contribution is 7.89. The average Bonchev–Trinajstić information content (AvgIpc) is 2.57. The van der Waals surface area contributed by atoms with E-state index in [0.717, 1.165) is 4.31 Å². The van der Waals surface area contributed by atoms with Crippen molar-refractivity contribution in [2.24, 2.45) is 0 Å². The number of halogens is 1. The molecule has 134 valence electrons. The number of nitrogens with one attached hydrogen (secondary N) is 1. The number of benzene rings is 2. The fourth-order valence-electron chi connectivity index (χ4n) is 2.14. The zero-order chi connectivity index (χ0) is 18.8. The Labute approximate surface area is 146 Å². The molecule has 0 atom stereocenters. The van der Waals surface area contributed by atoms with Gasteiger partial charge in [0.15, 0.2) is 0 Å². The standard InChI is InChI=1S/C17H19FN2O4S/c1-11-5-7-13(18)10-14(11)19-17(21)12-6-8-15(24-4)16(9-12)25(22,23)20(2)3/h5-10H,1-4H3,(H,19,21). The maximum Gasteiger partial charge on any atom is 0.255 e. The third kappa shape index (κ3) is 3.97. The lowest BCUT2D eigenvalue weighted by atomic mass is 10.1. The van der Waals surface area contributed by atoms with Crippen LogP contribution in [0.1, 0.15) is 15.9 Å². The van der Waals surface area contributed by atoms with E-state index < -0.39 is 21.7 Å². The summed E-state index contributed by atoms with van der Waals surface area (Å²) in [6.07, 6.45) is 0. The van der Waals surface area contributed by atoms with Gasteiger partial charge in [-0.1, -0.05) is 6.07 Å². The summed E-state index contributed by atoms with van der Waals surface area (Å²) in [6, 6.07) is 8.12. The molecular formula is C17H19FN2O4S. The highest BCUT2D eigenvalue weighted by atomic mass is 32.2. The highest BCUT2D eigenvalue weighted by Crippen LogP contribution is 2.27. The molecule has 0 bridgehead atoms. The molecule has 0 saturated carbocycles. The molecule has 0 aliphatic rings. The molecule has 0 unspecified atom stereocenters. The number of hydrogen-bond acceptors (Lipinski definition) is 4. The molecule has 25 heavy (non-hydrogen) atoms. The molecule has 1 N–H and O–H groups in total. The zero-order valence-electron chi connectivity index (χ0n) is 14.3. The Bertz CT molecular complexity index is 911. The third-order valence-corrected chi connectivity index (χ3v) is 5.47. The Kier molecular flexibility index (Phi) is 5.44. The second-order valence-corrected chi connectivity index (χ2v) is 7.69. The number of amides is 1. The first-order chi connectivity index (χ1) is 11.7. The van der Waals surface area contributed by atoms with E-state index in [1.807, 2.05) is 0 Å². The van der Waals surface area contributed by atoms with Crippen molar-refractivity contribution >= 4 is 21.6 Å². The van der Waals surface area contributed by atoms with Crippen LogP contribution < -0.4 is 10.1 Å². The fourth-order valence-corrected chi connectivity index (χ4v) is 3.21. The van der Waals surface area contributed by atoms with Crippen molar-refractivity contribution in [3.63, 3.8) is 0 Å². The topological polar surface area (TPSA) is 75.7 Å². The van der Waals surface area contributed by atoms with Gasteiger partial charge in [-0.3, -0.25) is 4.79 Å². The van der Waals surface area contributed by atoms with Crippen molar-refractivity contribution in [1.29, 1.82) is 0 Å². The van der Waals surface area contributed by atoms with Crippen molar-refractivity contribution < 1.29 is 22.3 Å². The smallest absolute Gasteiger partial charge is 0.255 e. The first kappa shape index (κ1) is 18.9. The van der Waals surface area contributed by atoms with E-state index in [1.54, 1.807) is 13.0 Å². The fraction of sp³-hybridized carbons (Fsp3) is 0.235. The summed E-state index contributed by atoms with van der Waals surface area (Å²) < 4.78 is 44.3. The van der Waals surface area contributed by atoms with Crippen LogP contribution in [0.3, 0.4) is 0 Å². The summed E-state index contributed by atoms with van der Waals surface area (Å²) >= 11 is 0. The Hall–Kier alpha value is -2.45. The van der Waals surface area contributed by atoms with Crippen molar-refractivity contribution in [3.8, 4) is 5.75 Å². The average molecular weight is 366 g/mol. The quantitative estimate of drug-likeness (QED) is 0.883. The van der Waals surface area contributed by atoms with Gasteiger partial charge in [0, 0.05) is 25.3 Å². The molecule has 2 aromatic rings. The molecule has 6 nitrogen and oxygen atoms in total. The summed E-state index contributed by atoms with van der Waals surface area (Å²) in [5.41, 5.74) is 1.12. The molecule has 1 amide bonds. The predicted molar refractivity (Wildman–Crippen MR) is 93.0 cm³/mol. The van der Waals surface area contributed by atoms with Crippen molar-refractivity contribution in [1.82, 2.24) is 4.31 Å². The zero-order valence-corrected chi connectivity index (χ0v) is 15.1. The number of nitrogens with zero attached hydrogens (tertiary/aromatic N) is 1. The molecule has 0 saturated heterocycles. The van der Waals surface area contributed by atoms with Gasteiger partial charge in [-0.25, -0.2) is 17.1 Å². The van der Waals surface area contributed by atoms with Crippen molar-refractivity contribution in [3.05, 3.63) is 53.3 Å². The number of ether oxygens (including phenoxy) is 1. The normalized spacial score (nSPS) is 11.4. The van der Waals surface area contributed by atoms with E-state index in [2.05, 4.69) is 5.32 Å². The number of hydrogen-bond donors (Lipinski definition) is 1. The van der Waals surface area contributed by atoms with Crippen LogP contribution in [0.4, 0.5) is 10.1 Å². The van der Waals surface area contributed by atoms with Gasteiger partial charge < -0.3 is 10.1 Å². The maximum absolute atomic E-state index is 13.4. The molecular weight excluding hydrogens is 347 g/mol. The molecule has 2 rings (SSSR count). The first-order valence-corrected chi connectivity index (χ1v) is 8.79. The number of carbonyl (C=O) groups excluding carboxylic acids is 1. The minimum atomic E-state index is -3.80. The summed E-state index contributed by atoms with van der Waals surface area (Å²) in [6.45, 7) is 1.73. The number of aryl methyl sites for hydroxylation is 1. The number of methoxy groups -OCH3 is 1. The SMILES string of the molecule is COc1ccc(C(=O)Nc2cc(F)ccc2C)cc1S(=O)(=O)N(C)C. The Balaban J connectivity index is 2.43. The first-order valence-electron chi connectivity index (χ1n) is 7.35. The van der Waals surface area contributed by atoms with E-state index in [9.17, 15) is 17.6 Å². The van der Waals surface area contributed by atoms with Gasteiger partial charge in [-0.15, -0.1) is 0 Å². The van der Waals surface area contributed by atoms with Gasteiger partial charge in [-0.05, 0) is 42.8 Å². The van der Waals surface area contributed by atoms with Crippen LogP contribution in [0, 0.1) is 12.7 Å². The van der Waals surface area contributed by atoms with Gasteiger partial charge in [0.2, 0.25) is 10.0 Å². The molecule has 2 aromatic carbocycles. The summed E-state index contributed by atoms with van der Waals surface area (Å²) in [7, 11) is 0.325. The van der Waals surface area contributed by atoms with Gasteiger partial charge in [0.05, 0.1) is 7.11 Å². The van der Waals surface area contributed by atoms with Crippen LogP contribution in [0.15, 0.2) is 41.3 Å². The van der Waals surface area contributed by atoms with E-state index in [1.165, 1.54) is 51.5 Å². The van der Waals surface area contributed by atoms with E-state index in [-0.39, 0.29) is 16.2 Å². The Morgan fingerprint density at radius 3 is 2.44 bits per heavy atom. The largest absolute Gasteiger partial charge is 0.495 e. The van der Waals surface area contributed by atoms with E-state index in [4.69, 9.17) is 4.74 Å². The minimum Gasteiger partial charge on any atom is -0.495 e.